The molecule has 1 heterocycles. The first-order valence-electron chi connectivity index (χ1n) is 10.2. The third-order valence-electron chi connectivity index (χ3n) is 4.32. The number of ether oxygens (including phenoxy) is 3. The molecule has 2 unspecified atom stereocenters. The standard InChI is InChI=1S/C22H33BrN2O5/c1-21(2,3)29-19(26)24-12-11-17-13-28-14-18(15-7-9-16(23)10-8-15)25(17)20(27)30-22(4,5)6/h7-10,17-18H,11-14H2,1-6H3,(H,24,26). The molecule has 2 atom stereocenters. The maximum Gasteiger partial charge on any atom is 0.411 e. The Bertz CT molecular complexity index is 725. The lowest BCUT2D eigenvalue weighted by Crippen LogP contribution is -2.53. The largest absolute Gasteiger partial charge is 0.444 e. The van der Waals surface area contributed by atoms with Gasteiger partial charge in [-0.2, -0.15) is 0 Å². The fourth-order valence-electron chi connectivity index (χ4n) is 3.14. The molecule has 1 fully saturated rings. The lowest BCUT2D eigenvalue weighted by molar-refractivity contribution is -0.0635. The number of carbonyl (C=O) groups is 2. The van der Waals surface area contributed by atoms with Gasteiger partial charge in [-0.15, -0.1) is 0 Å². The zero-order valence-electron chi connectivity index (χ0n) is 18.7. The molecule has 7 nitrogen and oxygen atoms in total. The van der Waals surface area contributed by atoms with Crippen LogP contribution in [-0.4, -0.2) is 54.1 Å². The van der Waals surface area contributed by atoms with E-state index in [1.807, 2.05) is 65.8 Å². The highest BCUT2D eigenvalue weighted by atomic mass is 79.9. The van der Waals surface area contributed by atoms with Crippen LogP contribution in [0.4, 0.5) is 9.59 Å². The molecule has 1 aliphatic heterocycles. The predicted octanol–water partition coefficient (Wildman–Crippen LogP) is 5.04. The molecule has 2 rings (SSSR count). The summed E-state index contributed by atoms with van der Waals surface area (Å²) in [4.78, 5) is 26.8. The molecule has 168 valence electrons. The minimum atomic E-state index is -0.612. The summed E-state index contributed by atoms with van der Waals surface area (Å²) in [7, 11) is 0. The van der Waals surface area contributed by atoms with Gasteiger partial charge < -0.3 is 19.5 Å². The Kier molecular flexibility index (Phi) is 8.16. The van der Waals surface area contributed by atoms with E-state index in [2.05, 4.69) is 21.2 Å². The van der Waals surface area contributed by atoms with Crippen molar-refractivity contribution >= 4 is 28.1 Å². The number of hydrogen-bond acceptors (Lipinski definition) is 5. The quantitative estimate of drug-likeness (QED) is 0.647. The van der Waals surface area contributed by atoms with Crippen LogP contribution in [0.3, 0.4) is 0 Å². The molecule has 2 amide bonds. The van der Waals surface area contributed by atoms with Crippen LogP contribution in [0.25, 0.3) is 0 Å². The molecule has 0 radical (unpaired) electrons. The van der Waals surface area contributed by atoms with Crippen molar-refractivity contribution in [2.75, 3.05) is 19.8 Å². The molecule has 1 N–H and O–H groups in total. The summed E-state index contributed by atoms with van der Waals surface area (Å²) in [5, 5.41) is 2.75. The molecule has 0 aliphatic carbocycles. The van der Waals surface area contributed by atoms with Gasteiger partial charge in [0.05, 0.1) is 25.3 Å². The molecule has 0 saturated carbocycles. The van der Waals surface area contributed by atoms with Gasteiger partial charge in [0, 0.05) is 11.0 Å². The highest BCUT2D eigenvalue weighted by molar-refractivity contribution is 9.10. The van der Waals surface area contributed by atoms with E-state index >= 15 is 0 Å². The number of hydrogen-bond donors (Lipinski definition) is 1. The molecule has 1 aliphatic rings. The topological polar surface area (TPSA) is 77.1 Å². The smallest absolute Gasteiger partial charge is 0.411 e. The molecule has 1 aromatic rings. The number of nitrogens with zero attached hydrogens (tertiary/aromatic N) is 1. The molecule has 1 saturated heterocycles. The van der Waals surface area contributed by atoms with Crippen molar-refractivity contribution in [3.05, 3.63) is 34.3 Å². The second kappa shape index (κ2) is 10.0. The van der Waals surface area contributed by atoms with Crippen molar-refractivity contribution < 1.29 is 23.8 Å². The molecule has 0 aromatic heterocycles. The summed E-state index contributed by atoms with van der Waals surface area (Å²) in [6.45, 7) is 12.1. The van der Waals surface area contributed by atoms with Crippen molar-refractivity contribution in [2.24, 2.45) is 0 Å². The highest BCUT2D eigenvalue weighted by Gasteiger charge is 2.38. The number of alkyl carbamates (subject to hydrolysis) is 1. The predicted molar refractivity (Wildman–Crippen MR) is 118 cm³/mol. The van der Waals surface area contributed by atoms with Gasteiger partial charge in [0.2, 0.25) is 0 Å². The van der Waals surface area contributed by atoms with Crippen molar-refractivity contribution in [2.45, 2.75) is 71.2 Å². The number of morpholine rings is 1. The van der Waals surface area contributed by atoms with Crippen molar-refractivity contribution in [1.29, 1.82) is 0 Å². The van der Waals surface area contributed by atoms with Crippen molar-refractivity contribution in [3.63, 3.8) is 0 Å². The summed E-state index contributed by atoms with van der Waals surface area (Å²) in [5.74, 6) is 0. The zero-order valence-corrected chi connectivity index (χ0v) is 20.2. The molecule has 1 aromatic carbocycles. The Morgan fingerprint density at radius 1 is 1.07 bits per heavy atom. The number of carbonyl (C=O) groups excluding carboxylic acids is 2. The highest BCUT2D eigenvalue weighted by Crippen LogP contribution is 2.31. The first-order chi connectivity index (χ1) is 13.9. The van der Waals surface area contributed by atoms with E-state index in [1.54, 1.807) is 4.90 Å². The molecule has 30 heavy (non-hydrogen) atoms. The minimum Gasteiger partial charge on any atom is -0.444 e. The summed E-state index contributed by atoms with van der Waals surface area (Å²) in [6, 6.07) is 7.31. The van der Waals surface area contributed by atoms with E-state index in [0.29, 0.717) is 26.2 Å². The van der Waals surface area contributed by atoms with Crippen LogP contribution in [0.15, 0.2) is 28.7 Å². The summed E-state index contributed by atoms with van der Waals surface area (Å²) in [5.41, 5.74) is -0.208. The van der Waals surface area contributed by atoms with Crippen LogP contribution in [0.5, 0.6) is 0 Å². The van der Waals surface area contributed by atoms with Gasteiger partial charge in [-0.05, 0) is 65.7 Å². The van der Waals surface area contributed by atoms with Crippen molar-refractivity contribution in [1.82, 2.24) is 10.2 Å². The lowest BCUT2D eigenvalue weighted by atomic mass is 10.0. The average Bonchev–Trinajstić information content (AvgIpc) is 2.59. The van der Waals surface area contributed by atoms with Gasteiger partial charge in [-0.3, -0.25) is 4.90 Å². The van der Waals surface area contributed by atoms with Gasteiger partial charge in [-0.1, -0.05) is 28.1 Å². The number of amides is 2. The first-order valence-corrected chi connectivity index (χ1v) is 11.0. The van der Waals surface area contributed by atoms with Gasteiger partial charge in [0.25, 0.3) is 0 Å². The first kappa shape index (κ1) is 24.5. The van der Waals surface area contributed by atoms with Gasteiger partial charge in [-0.25, -0.2) is 9.59 Å². The minimum absolute atomic E-state index is 0.239. The van der Waals surface area contributed by atoms with E-state index in [9.17, 15) is 9.59 Å². The number of nitrogens with one attached hydrogen (secondary N) is 1. The number of rotatable bonds is 4. The van der Waals surface area contributed by atoms with E-state index in [-0.39, 0.29) is 18.2 Å². The third-order valence-corrected chi connectivity index (χ3v) is 4.85. The number of halogens is 1. The second-order valence-corrected chi connectivity index (χ2v) is 10.3. The van der Waals surface area contributed by atoms with E-state index < -0.39 is 17.3 Å². The van der Waals surface area contributed by atoms with Crippen LogP contribution < -0.4 is 5.32 Å². The normalized spacial score (nSPS) is 19.9. The second-order valence-electron chi connectivity index (χ2n) is 9.36. The maximum absolute atomic E-state index is 13.1. The summed E-state index contributed by atoms with van der Waals surface area (Å²) in [6.07, 6.45) is -0.348. The van der Waals surface area contributed by atoms with Crippen LogP contribution in [0, 0.1) is 0 Å². The molecule has 0 bridgehead atoms. The Hall–Kier alpha value is -1.80. The lowest BCUT2D eigenvalue weighted by Gasteiger charge is -2.42. The van der Waals surface area contributed by atoms with Gasteiger partial charge in [0.15, 0.2) is 0 Å². The third kappa shape index (κ3) is 7.80. The summed E-state index contributed by atoms with van der Waals surface area (Å²) >= 11 is 3.44. The monoisotopic (exact) mass is 484 g/mol. The Morgan fingerprint density at radius 3 is 2.23 bits per heavy atom. The van der Waals surface area contributed by atoms with Crippen LogP contribution in [0.2, 0.25) is 0 Å². The number of benzene rings is 1. The molecular weight excluding hydrogens is 452 g/mol. The molecule has 8 heteroatoms. The Labute approximate surface area is 187 Å². The fourth-order valence-corrected chi connectivity index (χ4v) is 3.41. The maximum atomic E-state index is 13.1. The zero-order chi connectivity index (χ0) is 22.5. The van der Waals surface area contributed by atoms with Gasteiger partial charge >= 0.3 is 12.2 Å². The van der Waals surface area contributed by atoms with Crippen LogP contribution in [0.1, 0.15) is 59.6 Å². The molecular formula is C22H33BrN2O5. The van der Waals surface area contributed by atoms with E-state index in [1.165, 1.54) is 0 Å². The average molecular weight is 485 g/mol. The van der Waals surface area contributed by atoms with E-state index in [4.69, 9.17) is 14.2 Å². The van der Waals surface area contributed by atoms with E-state index in [0.717, 1.165) is 10.0 Å². The fraction of sp³-hybridized carbons (Fsp3) is 0.636. The van der Waals surface area contributed by atoms with Gasteiger partial charge in [0.1, 0.15) is 11.2 Å². The Morgan fingerprint density at radius 2 is 1.67 bits per heavy atom. The SMILES string of the molecule is CC(C)(C)OC(=O)NCCC1COCC(c2ccc(Br)cc2)N1C(=O)OC(C)(C)C. The Balaban J connectivity index is 2.14. The van der Waals surface area contributed by atoms with Crippen LogP contribution in [-0.2, 0) is 14.2 Å². The molecule has 0 spiro atoms. The summed E-state index contributed by atoms with van der Waals surface area (Å²) < 4.78 is 17.8. The van der Waals surface area contributed by atoms with Crippen LogP contribution >= 0.6 is 15.9 Å². The van der Waals surface area contributed by atoms with Crippen molar-refractivity contribution in [3.8, 4) is 0 Å².